The summed E-state index contributed by atoms with van der Waals surface area (Å²) >= 11 is 1.20. The van der Waals surface area contributed by atoms with E-state index in [-0.39, 0.29) is 30.1 Å². The highest BCUT2D eigenvalue weighted by atomic mass is 32.2. The molecule has 1 saturated heterocycles. The van der Waals surface area contributed by atoms with Crippen LogP contribution in [0.15, 0.2) is 30.3 Å². The van der Waals surface area contributed by atoms with Crippen LogP contribution in [0.2, 0.25) is 0 Å². The van der Waals surface area contributed by atoms with Crippen molar-refractivity contribution in [2.75, 3.05) is 39.2 Å². The zero-order valence-corrected chi connectivity index (χ0v) is 26.1. The molecule has 0 radical (unpaired) electrons. The predicted octanol–water partition coefficient (Wildman–Crippen LogP) is 1.41. The second kappa shape index (κ2) is 19.3. The zero-order chi connectivity index (χ0) is 31.7. The molecule has 3 amide bonds. The molecule has 3 atom stereocenters. The summed E-state index contributed by atoms with van der Waals surface area (Å²) < 4.78 is 10.1. The van der Waals surface area contributed by atoms with E-state index in [4.69, 9.17) is 9.47 Å². The molecule has 12 nitrogen and oxygen atoms in total. The lowest BCUT2D eigenvalue weighted by Crippen LogP contribution is -2.61. The summed E-state index contributed by atoms with van der Waals surface area (Å²) in [7, 11) is 1.56. The highest BCUT2D eigenvalue weighted by molar-refractivity contribution is 8.13. The fraction of sp³-hybridized carbons (Fsp3) is 0.633. The number of amides is 3. The molecule has 1 aromatic carbocycles. The first-order valence-corrected chi connectivity index (χ1v) is 15.7. The van der Waals surface area contributed by atoms with Gasteiger partial charge in [-0.05, 0) is 51.6 Å². The number of carbonyl (C=O) groups excluding carboxylic acids is 4. The third-order valence-corrected chi connectivity index (χ3v) is 7.88. The number of hydrogen-bond acceptors (Lipinski definition) is 9. The minimum absolute atomic E-state index is 0.0281. The smallest absolute Gasteiger partial charge is 0.326 e. The zero-order valence-electron chi connectivity index (χ0n) is 25.3. The summed E-state index contributed by atoms with van der Waals surface area (Å²) in [5.74, 6) is -2.03. The summed E-state index contributed by atoms with van der Waals surface area (Å²) in [6, 6.07) is 6.49. The molecule has 0 bridgehead atoms. The number of thioether (sulfide) groups is 1. The SMILES string of the molecule is COCCOCC(=O)SCCCCC[C@H](NC(=O)[C@@H]1CCCN1)C(=O)NC(C)(C)C(=O)N[C@@H](Cc1ccccc1)C(=O)O. The molecule has 1 fully saturated rings. The molecule has 1 aromatic rings. The number of nitrogens with one attached hydrogen (secondary N) is 4. The van der Waals surface area contributed by atoms with Crippen molar-refractivity contribution in [3.63, 3.8) is 0 Å². The fourth-order valence-corrected chi connectivity index (χ4v) is 5.19. The Bertz CT molecular complexity index is 1050. The van der Waals surface area contributed by atoms with E-state index in [0.29, 0.717) is 38.2 Å². The van der Waals surface area contributed by atoms with Gasteiger partial charge in [-0.2, -0.15) is 0 Å². The fourth-order valence-electron chi connectivity index (χ4n) is 4.44. The molecular weight excluding hydrogens is 576 g/mol. The Morgan fingerprint density at radius 2 is 1.79 bits per heavy atom. The van der Waals surface area contributed by atoms with Crippen molar-refractivity contribution in [3.05, 3.63) is 35.9 Å². The van der Waals surface area contributed by atoms with Gasteiger partial charge in [-0.25, -0.2) is 4.79 Å². The standard InChI is InChI=1S/C30H46N4O8S/c1-30(2,29(40)33-24(28(38)39)19-21-11-6-4-7-12-21)34-27(37)23(32-26(36)22-14-10-15-31-22)13-8-5-9-18-43-25(35)20-42-17-16-41-3/h4,6-7,11-12,22-24,31H,5,8-10,13-20H2,1-3H3,(H,32,36)(H,33,40)(H,34,37)(H,38,39)/t22-,23-,24-/m0/s1. The van der Waals surface area contributed by atoms with Gasteiger partial charge in [0.05, 0.1) is 19.3 Å². The quantitative estimate of drug-likeness (QED) is 0.134. The number of carboxylic acid groups (broad SMARTS) is 1. The number of unbranched alkanes of at least 4 members (excludes halogenated alkanes) is 2. The average Bonchev–Trinajstić information content (AvgIpc) is 3.51. The van der Waals surface area contributed by atoms with E-state index in [1.54, 1.807) is 31.4 Å². The molecule has 1 aliphatic rings. The van der Waals surface area contributed by atoms with Crippen LogP contribution in [0.1, 0.15) is 57.9 Å². The molecule has 240 valence electrons. The molecule has 0 aliphatic carbocycles. The Labute approximate surface area is 257 Å². The molecule has 43 heavy (non-hydrogen) atoms. The second-order valence-corrected chi connectivity index (χ2v) is 12.1. The van der Waals surface area contributed by atoms with Crippen LogP contribution in [0.3, 0.4) is 0 Å². The van der Waals surface area contributed by atoms with Gasteiger partial charge in [-0.3, -0.25) is 19.2 Å². The normalized spacial score (nSPS) is 16.2. The van der Waals surface area contributed by atoms with Gasteiger partial charge in [0, 0.05) is 19.3 Å². The van der Waals surface area contributed by atoms with Gasteiger partial charge < -0.3 is 35.8 Å². The first-order valence-electron chi connectivity index (χ1n) is 14.7. The van der Waals surface area contributed by atoms with Gasteiger partial charge >= 0.3 is 5.97 Å². The topological polar surface area (TPSA) is 172 Å². The van der Waals surface area contributed by atoms with Crippen LogP contribution in [0.4, 0.5) is 0 Å². The average molecular weight is 623 g/mol. The van der Waals surface area contributed by atoms with Crippen molar-refractivity contribution in [1.29, 1.82) is 0 Å². The van der Waals surface area contributed by atoms with Crippen LogP contribution in [-0.4, -0.2) is 96.8 Å². The van der Waals surface area contributed by atoms with E-state index in [1.165, 1.54) is 25.6 Å². The Hall–Kier alpha value is -3.00. The first kappa shape index (κ1) is 36.2. The van der Waals surface area contributed by atoms with Crippen LogP contribution in [0, 0.1) is 0 Å². The molecule has 5 N–H and O–H groups in total. The number of aliphatic carboxylic acids is 1. The summed E-state index contributed by atoms with van der Waals surface area (Å²) in [5.41, 5.74) is -0.697. The number of hydrogen-bond donors (Lipinski definition) is 5. The third-order valence-electron chi connectivity index (χ3n) is 6.95. The van der Waals surface area contributed by atoms with Crippen molar-refractivity contribution >= 4 is 40.6 Å². The van der Waals surface area contributed by atoms with Crippen molar-refractivity contribution in [1.82, 2.24) is 21.3 Å². The molecule has 0 aromatic heterocycles. The number of carbonyl (C=O) groups is 5. The minimum Gasteiger partial charge on any atom is -0.480 e. The molecule has 1 aliphatic heterocycles. The minimum atomic E-state index is -1.45. The molecular formula is C30H46N4O8S. The van der Waals surface area contributed by atoms with Crippen molar-refractivity contribution < 1.29 is 38.6 Å². The summed E-state index contributed by atoms with van der Waals surface area (Å²) in [4.78, 5) is 63.1. The summed E-state index contributed by atoms with van der Waals surface area (Å²) in [6.07, 6.45) is 4.05. The summed E-state index contributed by atoms with van der Waals surface area (Å²) in [6.45, 7) is 4.53. The Morgan fingerprint density at radius 3 is 2.44 bits per heavy atom. The van der Waals surface area contributed by atoms with Gasteiger partial charge in [0.2, 0.25) is 22.8 Å². The van der Waals surface area contributed by atoms with E-state index in [1.807, 2.05) is 6.07 Å². The molecule has 0 saturated carbocycles. The Kier molecular flexibility index (Phi) is 16.3. The maximum Gasteiger partial charge on any atom is 0.326 e. The third kappa shape index (κ3) is 13.9. The number of ether oxygens (including phenoxy) is 2. The van der Waals surface area contributed by atoms with Crippen LogP contribution in [-0.2, 0) is 39.9 Å². The van der Waals surface area contributed by atoms with E-state index in [9.17, 15) is 29.1 Å². The monoisotopic (exact) mass is 622 g/mol. The van der Waals surface area contributed by atoms with Gasteiger partial charge in [0.25, 0.3) is 0 Å². The van der Waals surface area contributed by atoms with Crippen molar-refractivity contribution in [2.24, 2.45) is 0 Å². The van der Waals surface area contributed by atoms with Crippen molar-refractivity contribution in [3.8, 4) is 0 Å². The lowest BCUT2D eigenvalue weighted by atomic mass is 9.99. The number of benzene rings is 1. The van der Waals surface area contributed by atoms with E-state index in [0.717, 1.165) is 31.4 Å². The highest BCUT2D eigenvalue weighted by Gasteiger charge is 2.35. The van der Waals surface area contributed by atoms with Crippen LogP contribution >= 0.6 is 11.8 Å². The molecule has 0 unspecified atom stereocenters. The van der Waals surface area contributed by atoms with Gasteiger partial charge in [-0.1, -0.05) is 54.9 Å². The van der Waals surface area contributed by atoms with Crippen LogP contribution < -0.4 is 21.3 Å². The lowest BCUT2D eigenvalue weighted by Gasteiger charge is -2.30. The van der Waals surface area contributed by atoms with Crippen LogP contribution in [0.25, 0.3) is 0 Å². The van der Waals surface area contributed by atoms with Gasteiger partial charge in [0.15, 0.2) is 0 Å². The Balaban J connectivity index is 1.92. The first-order chi connectivity index (χ1) is 20.5. The van der Waals surface area contributed by atoms with Crippen molar-refractivity contribution in [2.45, 2.75) is 82.5 Å². The number of rotatable bonds is 20. The molecule has 0 spiro atoms. The molecule has 2 rings (SSSR count). The van der Waals surface area contributed by atoms with Gasteiger partial charge in [0.1, 0.15) is 24.2 Å². The maximum atomic E-state index is 13.4. The van der Waals surface area contributed by atoms with E-state index >= 15 is 0 Å². The Morgan fingerprint density at radius 1 is 1.05 bits per heavy atom. The largest absolute Gasteiger partial charge is 0.480 e. The highest BCUT2D eigenvalue weighted by Crippen LogP contribution is 2.13. The second-order valence-electron chi connectivity index (χ2n) is 11.0. The van der Waals surface area contributed by atoms with Gasteiger partial charge in [-0.15, -0.1) is 0 Å². The van der Waals surface area contributed by atoms with Crippen LogP contribution in [0.5, 0.6) is 0 Å². The van der Waals surface area contributed by atoms with E-state index < -0.39 is 35.4 Å². The summed E-state index contributed by atoms with van der Waals surface area (Å²) in [5, 5.41) is 20.8. The van der Waals surface area contributed by atoms with E-state index in [2.05, 4.69) is 21.3 Å². The number of carboxylic acids is 1. The maximum absolute atomic E-state index is 13.4. The predicted molar refractivity (Wildman–Crippen MR) is 164 cm³/mol. The molecule has 1 heterocycles. The molecule has 13 heteroatoms. The number of methoxy groups -OCH3 is 1. The lowest BCUT2D eigenvalue weighted by molar-refractivity contribution is -0.143.